The molecule has 0 spiro atoms. The summed E-state index contributed by atoms with van der Waals surface area (Å²) in [7, 11) is -3.05. The predicted molar refractivity (Wildman–Crippen MR) is 86.3 cm³/mol. The molecule has 124 valence electrons. The van der Waals surface area contributed by atoms with Crippen LogP contribution in [0.1, 0.15) is 64.7 Å². The first kappa shape index (κ1) is 17.2. The van der Waals surface area contributed by atoms with Gasteiger partial charge < -0.3 is 10.1 Å². The van der Waals surface area contributed by atoms with Gasteiger partial charge >= 0.3 is 0 Å². The summed E-state index contributed by atoms with van der Waals surface area (Å²) in [6.45, 7) is 4.26. The lowest BCUT2D eigenvalue weighted by molar-refractivity contribution is 0.0980. The van der Waals surface area contributed by atoms with E-state index in [4.69, 9.17) is 4.74 Å². The molecule has 0 amide bonds. The second-order valence-corrected chi connectivity index (χ2v) is 8.94. The summed E-state index contributed by atoms with van der Waals surface area (Å²) in [6.07, 6.45) is 8.89. The van der Waals surface area contributed by atoms with E-state index in [9.17, 15) is 8.42 Å². The van der Waals surface area contributed by atoms with Gasteiger partial charge in [0.05, 0.1) is 10.5 Å². The number of hydrogen-bond donors (Lipinski definition) is 1. The van der Waals surface area contributed by atoms with Crippen LogP contribution in [-0.4, -0.2) is 44.7 Å². The number of rotatable bonds is 5. The maximum atomic E-state index is 13.1. The molecular formula is C16H31NO3S. The van der Waals surface area contributed by atoms with Crippen LogP contribution in [-0.2, 0) is 14.6 Å². The van der Waals surface area contributed by atoms with Crippen molar-refractivity contribution in [3.63, 3.8) is 0 Å². The van der Waals surface area contributed by atoms with Gasteiger partial charge in [-0.3, -0.25) is 0 Å². The molecule has 0 aromatic rings. The van der Waals surface area contributed by atoms with Crippen molar-refractivity contribution in [2.24, 2.45) is 0 Å². The molecule has 21 heavy (non-hydrogen) atoms. The van der Waals surface area contributed by atoms with Crippen LogP contribution in [0.5, 0.6) is 0 Å². The van der Waals surface area contributed by atoms with Gasteiger partial charge in [-0.1, -0.05) is 32.6 Å². The topological polar surface area (TPSA) is 55.4 Å². The first-order chi connectivity index (χ1) is 10.2. The molecular weight excluding hydrogens is 286 g/mol. The van der Waals surface area contributed by atoms with Gasteiger partial charge in [-0.25, -0.2) is 8.42 Å². The number of hydrogen-bond acceptors (Lipinski definition) is 4. The highest BCUT2D eigenvalue weighted by Crippen LogP contribution is 2.29. The van der Waals surface area contributed by atoms with Crippen LogP contribution < -0.4 is 5.32 Å². The highest BCUT2D eigenvalue weighted by Gasteiger charge is 2.39. The van der Waals surface area contributed by atoms with Crippen molar-refractivity contribution in [1.82, 2.24) is 5.32 Å². The number of ether oxygens (including phenoxy) is 1. The molecule has 0 radical (unpaired) electrons. The van der Waals surface area contributed by atoms with Crippen molar-refractivity contribution in [2.45, 2.75) is 81.3 Å². The average Bonchev–Trinajstić information content (AvgIpc) is 2.47. The standard InChI is InChI=1S/C16H31NO3S/c1-2-11-17-15-7-5-3-4-6-8-16(15)21(18,19)14-9-12-20-13-10-14/h14-17H,2-13H2,1H3. The van der Waals surface area contributed by atoms with E-state index in [1.54, 1.807) is 0 Å². The van der Waals surface area contributed by atoms with Crippen LogP contribution in [0.4, 0.5) is 0 Å². The van der Waals surface area contributed by atoms with Crippen molar-refractivity contribution in [2.75, 3.05) is 19.8 Å². The Morgan fingerprint density at radius 3 is 2.33 bits per heavy atom. The van der Waals surface area contributed by atoms with E-state index >= 15 is 0 Å². The third-order valence-corrected chi connectivity index (χ3v) is 7.72. The zero-order chi connectivity index (χ0) is 15.1. The Morgan fingerprint density at radius 1 is 1.00 bits per heavy atom. The maximum Gasteiger partial charge on any atom is 0.157 e. The van der Waals surface area contributed by atoms with Gasteiger partial charge in [-0.2, -0.15) is 0 Å². The monoisotopic (exact) mass is 317 g/mol. The van der Waals surface area contributed by atoms with E-state index in [0.717, 1.165) is 38.6 Å². The molecule has 2 unspecified atom stereocenters. The summed E-state index contributed by atoms with van der Waals surface area (Å²) in [5.74, 6) is 0. The summed E-state index contributed by atoms with van der Waals surface area (Å²) in [4.78, 5) is 0. The molecule has 1 heterocycles. The molecule has 2 atom stereocenters. The third-order valence-electron chi connectivity index (χ3n) is 4.91. The molecule has 0 aromatic heterocycles. The molecule has 1 N–H and O–H groups in total. The molecule has 1 saturated carbocycles. The van der Waals surface area contributed by atoms with Gasteiger partial charge in [-0.15, -0.1) is 0 Å². The second kappa shape index (κ2) is 8.49. The fraction of sp³-hybridized carbons (Fsp3) is 1.00. The molecule has 1 saturated heterocycles. The fourth-order valence-electron chi connectivity index (χ4n) is 3.66. The number of nitrogens with one attached hydrogen (secondary N) is 1. The zero-order valence-electron chi connectivity index (χ0n) is 13.4. The molecule has 2 aliphatic rings. The highest BCUT2D eigenvalue weighted by atomic mass is 32.2. The molecule has 4 nitrogen and oxygen atoms in total. The van der Waals surface area contributed by atoms with Gasteiger partial charge in [0.2, 0.25) is 0 Å². The van der Waals surface area contributed by atoms with Gasteiger partial charge in [0.25, 0.3) is 0 Å². The Hall–Kier alpha value is -0.130. The fourth-order valence-corrected chi connectivity index (χ4v) is 6.19. The molecule has 2 rings (SSSR count). The summed E-state index contributed by atoms with van der Waals surface area (Å²) >= 11 is 0. The van der Waals surface area contributed by atoms with E-state index in [0.29, 0.717) is 26.1 Å². The normalized spacial score (nSPS) is 29.8. The number of sulfone groups is 1. The van der Waals surface area contributed by atoms with E-state index in [2.05, 4.69) is 12.2 Å². The Kier molecular flexibility index (Phi) is 6.96. The van der Waals surface area contributed by atoms with Gasteiger partial charge in [0.15, 0.2) is 9.84 Å². The van der Waals surface area contributed by atoms with Crippen molar-refractivity contribution in [3.8, 4) is 0 Å². The smallest absolute Gasteiger partial charge is 0.157 e. The van der Waals surface area contributed by atoms with Gasteiger partial charge in [-0.05, 0) is 38.6 Å². The van der Waals surface area contributed by atoms with Crippen molar-refractivity contribution in [3.05, 3.63) is 0 Å². The molecule has 0 aromatic carbocycles. The lowest BCUT2D eigenvalue weighted by atomic mass is 9.96. The SMILES string of the molecule is CCCNC1CCCCCCC1S(=O)(=O)C1CCOCC1. The summed E-state index contributed by atoms with van der Waals surface area (Å²) < 4.78 is 31.5. The zero-order valence-corrected chi connectivity index (χ0v) is 14.2. The first-order valence-electron chi connectivity index (χ1n) is 8.70. The summed E-state index contributed by atoms with van der Waals surface area (Å²) in [5.41, 5.74) is 0. The molecule has 1 aliphatic heterocycles. The van der Waals surface area contributed by atoms with E-state index < -0.39 is 9.84 Å². The van der Waals surface area contributed by atoms with Gasteiger partial charge in [0, 0.05) is 19.3 Å². The Morgan fingerprint density at radius 2 is 1.67 bits per heavy atom. The van der Waals surface area contributed by atoms with E-state index in [1.807, 2.05) is 0 Å². The van der Waals surface area contributed by atoms with Crippen molar-refractivity contribution < 1.29 is 13.2 Å². The minimum absolute atomic E-state index is 0.151. The van der Waals surface area contributed by atoms with E-state index in [-0.39, 0.29) is 16.5 Å². The van der Waals surface area contributed by atoms with Crippen LogP contribution in [0.25, 0.3) is 0 Å². The minimum Gasteiger partial charge on any atom is -0.381 e. The van der Waals surface area contributed by atoms with Crippen molar-refractivity contribution in [1.29, 1.82) is 0 Å². The lowest BCUT2D eigenvalue weighted by Crippen LogP contribution is -2.49. The van der Waals surface area contributed by atoms with E-state index in [1.165, 1.54) is 12.8 Å². The van der Waals surface area contributed by atoms with Crippen LogP contribution in [0.15, 0.2) is 0 Å². The summed E-state index contributed by atoms with van der Waals surface area (Å²) in [6, 6.07) is 0.151. The van der Waals surface area contributed by atoms with Gasteiger partial charge in [0.1, 0.15) is 0 Å². The van der Waals surface area contributed by atoms with Crippen LogP contribution >= 0.6 is 0 Å². The van der Waals surface area contributed by atoms with Crippen molar-refractivity contribution >= 4 is 9.84 Å². The van der Waals surface area contributed by atoms with Crippen LogP contribution in [0.3, 0.4) is 0 Å². The quantitative estimate of drug-likeness (QED) is 0.847. The molecule has 5 heteroatoms. The predicted octanol–water partition coefficient (Wildman–Crippen LogP) is 2.67. The molecule has 1 aliphatic carbocycles. The summed E-state index contributed by atoms with van der Waals surface area (Å²) in [5, 5.41) is 3.16. The van der Waals surface area contributed by atoms with Crippen LogP contribution in [0, 0.1) is 0 Å². The Bertz CT molecular complexity index is 388. The Balaban J connectivity index is 2.12. The highest BCUT2D eigenvalue weighted by molar-refractivity contribution is 7.92. The molecule has 0 bridgehead atoms. The maximum absolute atomic E-state index is 13.1. The lowest BCUT2D eigenvalue weighted by Gasteiger charge is -2.34. The first-order valence-corrected chi connectivity index (χ1v) is 10.3. The average molecular weight is 317 g/mol. The third kappa shape index (κ3) is 4.67. The largest absolute Gasteiger partial charge is 0.381 e. The minimum atomic E-state index is -3.05. The Labute approximate surface area is 129 Å². The van der Waals surface area contributed by atoms with Crippen LogP contribution in [0.2, 0.25) is 0 Å². The molecule has 2 fully saturated rings. The second-order valence-electron chi connectivity index (χ2n) is 6.49.